The van der Waals surface area contributed by atoms with Crippen molar-refractivity contribution in [3.63, 3.8) is 0 Å². The summed E-state index contributed by atoms with van der Waals surface area (Å²) in [4.78, 5) is 2.37. The van der Waals surface area contributed by atoms with Crippen LogP contribution < -0.4 is 10.1 Å². The number of piperidine rings is 1. The number of rotatable bonds is 4. The third-order valence-electron chi connectivity index (χ3n) is 4.37. The second-order valence-corrected chi connectivity index (χ2v) is 5.83. The minimum Gasteiger partial charge on any atom is -0.497 e. The normalized spacial score (nSPS) is 25.4. The average Bonchev–Trinajstić information content (AvgIpc) is 2.42. The van der Waals surface area contributed by atoms with Crippen molar-refractivity contribution < 1.29 is 9.13 Å². The molecule has 1 N–H and O–H groups in total. The molecule has 1 aromatic carbocycles. The van der Waals surface area contributed by atoms with Crippen LogP contribution in [0.25, 0.3) is 0 Å². The van der Waals surface area contributed by atoms with Gasteiger partial charge in [0, 0.05) is 29.8 Å². The van der Waals surface area contributed by atoms with Crippen LogP contribution in [0.15, 0.2) is 18.2 Å². The number of halogens is 1. The molecule has 0 aliphatic carbocycles. The van der Waals surface area contributed by atoms with E-state index in [0.29, 0.717) is 23.4 Å². The SMILES string of the molecule is COc1ccc(C(C)NC2CCN(C)C(C)C2)c(F)c1. The Kier molecular flexibility index (Phi) is 5.00. The van der Waals surface area contributed by atoms with Crippen molar-refractivity contribution in [2.75, 3.05) is 20.7 Å². The molecule has 0 radical (unpaired) electrons. The van der Waals surface area contributed by atoms with Gasteiger partial charge in [0.1, 0.15) is 11.6 Å². The van der Waals surface area contributed by atoms with Gasteiger partial charge in [0.15, 0.2) is 0 Å². The number of methoxy groups -OCH3 is 1. The summed E-state index contributed by atoms with van der Waals surface area (Å²) in [5, 5.41) is 3.56. The fourth-order valence-electron chi connectivity index (χ4n) is 2.87. The number of hydrogen-bond acceptors (Lipinski definition) is 3. The van der Waals surface area contributed by atoms with Gasteiger partial charge < -0.3 is 15.0 Å². The Bertz CT molecular complexity index is 452. The largest absolute Gasteiger partial charge is 0.497 e. The Morgan fingerprint density at radius 3 is 2.80 bits per heavy atom. The van der Waals surface area contributed by atoms with Crippen LogP contribution in [0.5, 0.6) is 5.75 Å². The lowest BCUT2D eigenvalue weighted by atomic mass is 9.97. The van der Waals surface area contributed by atoms with Gasteiger partial charge in [-0.2, -0.15) is 0 Å². The number of likely N-dealkylation sites (tertiary alicyclic amines) is 1. The summed E-state index contributed by atoms with van der Waals surface area (Å²) in [5.74, 6) is 0.358. The highest BCUT2D eigenvalue weighted by molar-refractivity contribution is 5.30. The van der Waals surface area contributed by atoms with Gasteiger partial charge in [-0.1, -0.05) is 6.07 Å². The molecule has 0 aromatic heterocycles. The summed E-state index contributed by atoms with van der Waals surface area (Å²) >= 11 is 0. The van der Waals surface area contributed by atoms with Crippen LogP contribution in [-0.4, -0.2) is 37.7 Å². The summed E-state index contributed by atoms with van der Waals surface area (Å²) < 4.78 is 19.1. The van der Waals surface area contributed by atoms with Crippen molar-refractivity contribution in [3.8, 4) is 5.75 Å². The first-order chi connectivity index (χ1) is 9.51. The predicted octanol–water partition coefficient (Wildman–Crippen LogP) is 2.97. The number of ether oxygens (including phenoxy) is 1. The van der Waals surface area contributed by atoms with E-state index >= 15 is 0 Å². The van der Waals surface area contributed by atoms with Crippen LogP contribution in [-0.2, 0) is 0 Å². The molecule has 0 amide bonds. The molecular weight excluding hydrogens is 255 g/mol. The zero-order chi connectivity index (χ0) is 14.7. The first kappa shape index (κ1) is 15.3. The monoisotopic (exact) mass is 280 g/mol. The second-order valence-electron chi connectivity index (χ2n) is 5.83. The van der Waals surface area contributed by atoms with Crippen molar-refractivity contribution in [1.82, 2.24) is 10.2 Å². The smallest absolute Gasteiger partial charge is 0.131 e. The molecule has 1 aliphatic heterocycles. The first-order valence-corrected chi connectivity index (χ1v) is 7.31. The molecule has 1 aromatic rings. The van der Waals surface area contributed by atoms with E-state index in [1.54, 1.807) is 7.11 Å². The van der Waals surface area contributed by atoms with E-state index in [0.717, 1.165) is 19.4 Å². The minimum atomic E-state index is -0.203. The molecule has 0 bridgehead atoms. The lowest BCUT2D eigenvalue weighted by molar-refractivity contribution is 0.163. The standard InChI is InChI=1S/C16H25FN2O/c1-11-9-13(7-8-19(11)3)18-12(2)15-6-5-14(20-4)10-16(15)17/h5-6,10-13,18H,7-9H2,1-4H3. The van der Waals surface area contributed by atoms with Crippen molar-refractivity contribution >= 4 is 0 Å². The van der Waals surface area contributed by atoms with Gasteiger partial charge >= 0.3 is 0 Å². The van der Waals surface area contributed by atoms with Gasteiger partial charge in [-0.25, -0.2) is 4.39 Å². The molecule has 1 heterocycles. The number of hydrogen-bond donors (Lipinski definition) is 1. The van der Waals surface area contributed by atoms with E-state index in [1.165, 1.54) is 6.07 Å². The molecule has 3 nitrogen and oxygen atoms in total. The Morgan fingerprint density at radius 1 is 1.45 bits per heavy atom. The average molecular weight is 280 g/mol. The van der Waals surface area contributed by atoms with Gasteiger partial charge in [0.2, 0.25) is 0 Å². The maximum atomic E-state index is 14.1. The molecular formula is C16H25FN2O. The molecule has 0 spiro atoms. The van der Waals surface area contributed by atoms with E-state index in [9.17, 15) is 4.39 Å². The molecule has 1 saturated heterocycles. The van der Waals surface area contributed by atoms with Gasteiger partial charge in [0.25, 0.3) is 0 Å². The summed E-state index contributed by atoms with van der Waals surface area (Å²) in [6.07, 6.45) is 2.22. The lowest BCUT2D eigenvalue weighted by Crippen LogP contribution is -2.46. The summed E-state index contributed by atoms with van der Waals surface area (Å²) in [6, 6.07) is 6.12. The predicted molar refractivity (Wildman–Crippen MR) is 79.6 cm³/mol. The Hall–Kier alpha value is -1.13. The summed E-state index contributed by atoms with van der Waals surface area (Å²) in [5.41, 5.74) is 0.706. The van der Waals surface area contributed by atoms with Crippen molar-refractivity contribution in [2.24, 2.45) is 0 Å². The highest BCUT2D eigenvalue weighted by atomic mass is 19.1. The molecule has 0 saturated carbocycles. The van der Waals surface area contributed by atoms with E-state index in [1.807, 2.05) is 19.1 Å². The van der Waals surface area contributed by atoms with Gasteiger partial charge in [-0.05, 0) is 46.3 Å². The van der Waals surface area contributed by atoms with Crippen molar-refractivity contribution in [3.05, 3.63) is 29.6 Å². The number of nitrogens with zero attached hydrogens (tertiary/aromatic N) is 1. The molecule has 2 rings (SSSR count). The fourth-order valence-corrected chi connectivity index (χ4v) is 2.87. The number of benzene rings is 1. The zero-order valence-corrected chi connectivity index (χ0v) is 12.8. The Balaban J connectivity index is 1.99. The zero-order valence-electron chi connectivity index (χ0n) is 12.8. The Morgan fingerprint density at radius 2 is 2.20 bits per heavy atom. The number of nitrogens with one attached hydrogen (secondary N) is 1. The molecule has 3 atom stereocenters. The van der Waals surface area contributed by atoms with E-state index in [-0.39, 0.29) is 11.9 Å². The highest BCUT2D eigenvalue weighted by Gasteiger charge is 2.24. The maximum absolute atomic E-state index is 14.1. The third-order valence-corrected chi connectivity index (χ3v) is 4.37. The van der Waals surface area contributed by atoms with Gasteiger partial charge in [-0.15, -0.1) is 0 Å². The molecule has 4 heteroatoms. The van der Waals surface area contributed by atoms with Gasteiger partial charge in [0.05, 0.1) is 7.11 Å². The van der Waals surface area contributed by atoms with Gasteiger partial charge in [-0.3, -0.25) is 0 Å². The van der Waals surface area contributed by atoms with Crippen molar-refractivity contribution in [1.29, 1.82) is 0 Å². The third kappa shape index (κ3) is 3.49. The van der Waals surface area contributed by atoms with E-state index < -0.39 is 0 Å². The van der Waals surface area contributed by atoms with Crippen LogP contribution in [0.1, 0.15) is 38.3 Å². The quantitative estimate of drug-likeness (QED) is 0.917. The topological polar surface area (TPSA) is 24.5 Å². The van der Waals surface area contributed by atoms with Crippen LogP contribution in [0.4, 0.5) is 4.39 Å². The van der Waals surface area contributed by atoms with Crippen LogP contribution in [0.2, 0.25) is 0 Å². The first-order valence-electron chi connectivity index (χ1n) is 7.31. The molecule has 112 valence electrons. The lowest BCUT2D eigenvalue weighted by Gasteiger charge is -2.36. The highest BCUT2D eigenvalue weighted by Crippen LogP contribution is 2.24. The maximum Gasteiger partial charge on any atom is 0.131 e. The molecule has 3 unspecified atom stereocenters. The molecule has 1 aliphatic rings. The molecule has 1 fully saturated rings. The van der Waals surface area contributed by atoms with E-state index in [2.05, 4.69) is 24.2 Å². The van der Waals surface area contributed by atoms with Crippen LogP contribution >= 0.6 is 0 Å². The van der Waals surface area contributed by atoms with E-state index in [4.69, 9.17) is 4.74 Å². The Labute approximate surface area is 121 Å². The summed E-state index contributed by atoms with van der Waals surface area (Å²) in [6.45, 7) is 5.36. The van der Waals surface area contributed by atoms with Crippen LogP contribution in [0, 0.1) is 5.82 Å². The fraction of sp³-hybridized carbons (Fsp3) is 0.625. The molecule has 20 heavy (non-hydrogen) atoms. The van der Waals surface area contributed by atoms with Crippen molar-refractivity contribution in [2.45, 2.75) is 44.8 Å². The minimum absolute atomic E-state index is 0.0153. The summed E-state index contributed by atoms with van der Waals surface area (Å²) in [7, 11) is 3.71. The second kappa shape index (κ2) is 6.55. The van der Waals surface area contributed by atoms with Crippen LogP contribution in [0.3, 0.4) is 0 Å².